The fraction of sp³-hybridized carbons (Fsp3) is 0.100. The van der Waals surface area contributed by atoms with Crippen LogP contribution in [-0.4, -0.2) is 22.6 Å². The third-order valence-electron chi connectivity index (χ3n) is 3.98. The molecule has 0 spiro atoms. The number of para-hydroxylation sites is 1. The minimum atomic E-state index is -3.91. The van der Waals surface area contributed by atoms with Crippen LogP contribution in [0, 0.1) is 0 Å². The first-order chi connectivity index (χ1) is 13.0. The molecule has 0 heterocycles. The van der Waals surface area contributed by atoms with Gasteiger partial charge in [0.1, 0.15) is 16.4 Å². The quantitative estimate of drug-likeness (QED) is 0.581. The molecule has 5 nitrogen and oxygen atoms in total. The van der Waals surface area contributed by atoms with Gasteiger partial charge in [-0.15, -0.1) is 0 Å². The van der Waals surface area contributed by atoms with Gasteiger partial charge in [0.15, 0.2) is 0 Å². The summed E-state index contributed by atoms with van der Waals surface area (Å²) < 4.78 is 39.9. The Morgan fingerprint density at radius 3 is 2.15 bits per heavy atom. The van der Waals surface area contributed by atoms with E-state index in [4.69, 9.17) is 9.47 Å². The number of nitrogens with one attached hydrogen (secondary N) is 1. The Bertz CT molecular complexity index is 1050. The molecule has 3 aromatic carbocycles. The zero-order valence-electron chi connectivity index (χ0n) is 14.8. The van der Waals surface area contributed by atoms with E-state index >= 15 is 0 Å². The molecule has 140 valence electrons. The highest BCUT2D eigenvalue weighted by Crippen LogP contribution is 2.37. The topological polar surface area (TPSA) is 64.6 Å². The van der Waals surface area contributed by atoms with E-state index in [2.05, 4.69) is 20.7 Å². The summed E-state index contributed by atoms with van der Waals surface area (Å²) in [6.07, 6.45) is 0. The van der Waals surface area contributed by atoms with E-state index in [1.54, 1.807) is 18.2 Å². The average Bonchev–Trinajstić information content (AvgIpc) is 2.68. The Morgan fingerprint density at radius 2 is 1.48 bits per heavy atom. The molecule has 0 amide bonds. The molecule has 0 saturated heterocycles. The van der Waals surface area contributed by atoms with Crippen LogP contribution < -0.4 is 14.2 Å². The largest absolute Gasteiger partial charge is 0.496 e. The van der Waals surface area contributed by atoms with Crippen molar-refractivity contribution in [3.05, 3.63) is 71.2 Å². The van der Waals surface area contributed by atoms with Gasteiger partial charge in [0, 0.05) is 11.6 Å². The van der Waals surface area contributed by atoms with E-state index in [9.17, 15) is 8.42 Å². The van der Waals surface area contributed by atoms with Gasteiger partial charge in [0.05, 0.1) is 24.4 Å². The van der Waals surface area contributed by atoms with Crippen LogP contribution in [0.25, 0.3) is 11.1 Å². The summed E-state index contributed by atoms with van der Waals surface area (Å²) in [6, 6.07) is 19.8. The standard InChI is InChI=1S/C20H18BrNO4S/c1-25-18-13-20(19(26-2)12-16(18)21)27(23,24)22-17-11-7-6-10-15(17)14-8-4-3-5-9-14/h3-13,22H,1-2H3. The van der Waals surface area contributed by atoms with Crippen molar-refractivity contribution in [1.29, 1.82) is 0 Å². The van der Waals surface area contributed by atoms with Gasteiger partial charge in [0.2, 0.25) is 0 Å². The van der Waals surface area contributed by atoms with Crippen molar-refractivity contribution in [2.45, 2.75) is 4.90 Å². The normalized spacial score (nSPS) is 11.1. The molecule has 0 atom stereocenters. The van der Waals surface area contributed by atoms with E-state index in [0.29, 0.717) is 15.9 Å². The van der Waals surface area contributed by atoms with E-state index in [1.165, 1.54) is 20.3 Å². The highest BCUT2D eigenvalue weighted by molar-refractivity contribution is 9.10. The zero-order valence-corrected chi connectivity index (χ0v) is 17.2. The maximum Gasteiger partial charge on any atom is 0.265 e. The van der Waals surface area contributed by atoms with Gasteiger partial charge in [0.25, 0.3) is 10.0 Å². The number of hydrogen-bond acceptors (Lipinski definition) is 4. The maximum absolute atomic E-state index is 13.1. The molecule has 0 saturated carbocycles. The number of rotatable bonds is 6. The van der Waals surface area contributed by atoms with Gasteiger partial charge in [-0.3, -0.25) is 4.72 Å². The van der Waals surface area contributed by atoms with Crippen LogP contribution in [0.5, 0.6) is 11.5 Å². The number of halogens is 1. The van der Waals surface area contributed by atoms with Crippen LogP contribution in [0.15, 0.2) is 76.1 Å². The summed E-state index contributed by atoms with van der Waals surface area (Å²) in [5, 5.41) is 0. The summed E-state index contributed by atoms with van der Waals surface area (Å²) in [4.78, 5) is -0.00656. The lowest BCUT2D eigenvalue weighted by atomic mass is 10.0. The lowest BCUT2D eigenvalue weighted by Gasteiger charge is -2.16. The Labute approximate surface area is 167 Å². The minimum absolute atomic E-state index is 0.00656. The fourth-order valence-electron chi connectivity index (χ4n) is 2.68. The van der Waals surface area contributed by atoms with Crippen molar-refractivity contribution < 1.29 is 17.9 Å². The highest BCUT2D eigenvalue weighted by Gasteiger charge is 2.23. The molecule has 0 unspecified atom stereocenters. The first-order valence-corrected chi connectivity index (χ1v) is 10.3. The Kier molecular flexibility index (Phi) is 5.72. The van der Waals surface area contributed by atoms with E-state index in [-0.39, 0.29) is 10.6 Å². The van der Waals surface area contributed by atoms with Crippen molar-refractivity contribution in [3.8, 4) is 22.6 Å². The summed E-state index contributed by atoms with van der Waals surface area (Å²) in [7, 11) is -1.02. The molecule has 3 rings (SSSR count). The van der Waals surface area contributed by atoms with Crippen LogP contribution in [0.3, 0.4) is 0 Å². The summed E-state index contributed by atoms with van der Waals surface area (Å²) in [5.74, 6) is 0.611. The lowest BCUT2D eigenvalue weighted by Crippen LogP contribution is -2.15. The van der Waals surface area contributed by atoms with Crippen LogP contribution in [-0.2, 0) is 10.0 Å². The lowest BCUT2D eigenvalue weighted by molar-refractivity contribution is 0.390. The number of ether oxygens (including phenoxy) is 2. The molecule has 3 aromatic rings. The van der Waals surface area contributed by atoms with Crippen molar-refractivity contribution in [2.75, 3.05) is 18.9 Å². The van der Waals surface area contributed by atoms with Gasteiger partial charge >= 0.3 is 0 Å². The van der Waals surface area contributed by atoms with Crippen LogP contribution in [0.4, 0.5) is 5.69 Å². The molecule has 0 bridgehead atoms. The smallest absolute Gasteiger partial charge is 0.265 e. The molecular formula is C20H18BrNO4S. The van der Waals surface area contributed by atoms with E-state index < -0.39 is 10.0 Å². The van der Waals surface area contributed by atoms with Gasteiger partial charge in [-0.1, -0.05) is 48.5 Å². The Morgan fingerprint density at radius 1 is 0.852 bits per heavy atom. The van der Waals surface area contributed by atoms with Crippen molar-refractivity contribution in [2.24, 2.45) is 0 Å². The first kappa shape index (κ1) is 19.3. The predicted molar refractivity (Wildman–Crippen MR) is 110 cm³/mol. The van der Waals surface area contributed by atoms with E-state index in [1.807, 2.05) is 42.5 Å². The van der Waals surface area contributed by atoms with Gasteiger partial charge in [-0.05, 0) is 33.6 Å². The Hall–Kier alpha value is -2.51. The van der Waals surface area contributed by atoms with E-state index in [0.717, 1.165) is 11.1 Å². The number of anilines is 1. The number of methoxy groups -OCH3 is 2. The van der Waals surface area contributed by atoms with Crippen molar-refractivity contribution in [3.63, 3.8) is 0 Å². The molecule has 0 aliphatic carbocycles. The first-order valence-electron chi connectivity index (χ1n) is 8.05. The molecule has 0 aliphatic heterocycles. The second-order valence-electron chi connectivity index (χ2n) is 5.65. The molecule has 27 heavy (non-hydrogen) atoms. The molecule has 0 radical (unpaired) electrons. The number of sulfonamides is 1. The van der Waals surface area contributed by atoms with Gasteiger partial charge in [-0.25, -0.2) is 8.42 Å². The maximum atomic E-state index is 13.1. The molecule has 0 fully saturated rings. The third kappa shape index (κ3) is 4.09. The second-order valence-corrected chi connectivity index (χ2v) is 8.16. The van der Waals surface area contributed by atoms with Crippen LogP contribution >= 0.6 is 15.9 Å². The van der Waals surface area contributed by atoms with Crippen LogP contribution in [0.1, 0.15) is 0 Å². The van der Waals surface area contributed by atoms with Crippen LogP contribution in [0.2, 0.25) is 0 Å². The molecule has 7 heteroatoms. The Balaban J connectivity index is 2.07. The minimum Gasteiger partial charge on any atom is -0.496 e. The molecular weight excluding hydrogens is 430 g/mol. The highest BCUT2D eigenvalue weighted by atomic mass is 79.9. The van der Waals surface area contributed by atoms with Crippen molar-refractivity contribution >= 4 is 31.6 Å². The number of benzene rings is 3. The fourth-order valence-corrected chi connectivity index (χ4v) is 4.41. The van der Waals surface area contributed by atoms with Gasteiger partial charge < -0.3 is 9.47 Å². The monoisotopic (exact) mass is 447 g/mol. The summed E-state index contributed by atoms with van der Waals surface area (Å²) >= 11 is 3.34. The van der Waals surface area contributed by atoms with Crippen molar-refractivity contribution in [1.82, 2.24) is 0 Å². The SMILES string of the molecule is COc1cc(S(=O)(=O)Nc2ccccc2-c2ccccc2)c(OC)cc1Br. The zero-order chi connectivity index (χ0) is 19.4. The second kappa shape index (κ2) is 8.02. The predicted octanol–water partition coefficient (Wildman–Crippen LogP) is 4.93. The molecule has 0 aromatic heterocycles. The molecule has 1 N–H and O–H groups in total. The third-order valence-corrected chi connectivity index (χ3v) is 5.99. The summed E-state index contributed by atoms with van der Waals surface area (Å²) in [6.45, 7) is 0. The summed E-state index contributed by atoms with van der Waals surface area (Å²) in [5.41, 5.74) is 2.17. The average molecular weight is 448 g/mol. The van der Waals surface area contributed by atoms with Gasteiger partial charge in [-0.2, -0.15) is 0 Å². The molecule has 0 aliphatic rings. The number of hydrogen-bond donors (Lipinski definition) is 1.